The minimum Gasteiger partial charge on any atom is -0.480 e. The molecule has 0 bridgehead atoms. The van der Waals surface area contributed by atoms with Gasteiger partial charge in [0, 0.05) is 12.5 Å². The molecule has 9 nitrogen and oxygen atoms in total. The lowest BCUT2D eigenvalue weighted by atomic mass is 10.6. The molecule has 1 aromatic heterocycles. The predicted molar refractivity (Wildman–Crippen MR) is 67.0 cm³/mol. The Bertz CT molecular complexity index is 660. The number of hydrogen-bond donors (Lipinski definition) is 2. The van der Waals surface area contributed by atoms with Crippen LogP contribution in [-0.2, 0) is 31.2 Å². The van der Waals surface area contributed by atoms with Crippen molar-refractivity contribution in [3.05, 3.63) is 12.4 Å². The summed E-state index contributed by atoms with van der Waals surface area (Å²) in [6.45, 7) is -0.398. The van der Waals surface area contributed by atoms with E-state index in [1.165, 1.54) is 6.20 Å². The number of aromatic nitrogens is 2. The zero-order valence-corrected chi connectivity index (χ0v) is 11.6. The first-order valence-electron chi connectivity index (χ1n) is 5.00. The van der Waals surface area contributed by atoms with E-state index in [0.717, 1.165) is 17.1 Å². The van der Waals surface area contributed by atoms with Gasteiger partial charge in [-0.05, 0) is 0 Å². The maximum Gasteiger partial charge on any atom is 0.325 e. The van der Waals surface area contributed by atoms with Crippen molar-refractivity contribution >= 4 is 31.5 Å². The van der Waals surface area contributed by atoms with Crippen molar-refractivity contribution in [1.82, 2.24) is 9.78 Å². The highest BCUT2D eigenvalue weighted by Crippen LogP contribution is 2.08. The molecule has 11 heteroatoms. The number of hydrogen-bond acceptors (Lipinski definition) is 6. The second-order valence-corrected chi connectivity index (χ2v) is 7.97. The second-order valence-electron chi connectivity index (χ2n) is 3.87. The number of aliphatic carboxylic acids is 1. The molecule has 0 aliphatic carbocycles. The molecule has 0 aromatic carbocycles. The Balaban J connectivity index is 2.68. The first-order chi connectivity index (χ1) is 8.57. The highest BCUT2D eigenvalue weighted by molar-refractivity contribution is 7.95. The molecule has 0 fully saturated rings. The molecule has 0 spiro atoms. The van der Waals surface area contributed by atoms with Gasteiger partial charge < -0.3 is 5.11 Å². The lowest BCUT2D eigenvalue weighted by molar-refractivity contribution is -0.137. The first kappa shape index (κ1) is 15.4. The highest BCUT2D eigenvalue weighted by atomic mass is 32.2. The monoisotopic (exact) mass is 311 g/mol. The van der Waals surface area contributed by atoms with Crippen molar-refractivity contribution in [3.63, 3.8) is 0 Å². The third-order valence-electron chi connectivity index (χ3n) is 1.93. The summed E-state index contributed by atoms with van der Waals surface area (Å²) < 4.78 is 48.0. The predicted octanol–water partition coefficient (Wildman–Crippen LogP) is -1.25. The number of sulfone groups is 1. The molecule has 0 amide bonds. The zero-order valence-electron chi connectivity index (χ0n) is 9.98. The van der Waals surface area contributed by atoms with E-state index in [0.29, 0.717) is 0 Å². The SMILES string of the molecule is CS(=O)(=O)CCS(=O)(=O)Nc1cnn(CC(=O)O)c1. The Morgan fingerprint density at radius 1 is 1.37 bits per heavy atom. The quantitative estimate of drug-likeness (QED) is 0.642. The largest absolute Gasteiger partial charge is 0.480 e. The molecule has 19 heavy (non-hydrogen) atoms. The van der Waals surface area contributed by atoms with Crippen LogP contribution in [0.2, 0.25) is 0 Å². The van der Waals surface area contributed by atoms with Crippen molar-refractivity contribution in [2.45, 2.75) is 6.54 Å². The van der Waals surface area contributed by atoms with Gasteiger partial charge in [-0.2, -0.15) is 5.10 Å². The van der Waals surface area contributed by atoms with E-state index in [1.807, 2.05) is 0 Å². The molecule has 1 aromatic rings. The third kappa shape index (κ3) is 6.20. The van der Waals surface area contributed by atoms with Gasteiger partial charge in [-0.25, -0.2) is 16.8 Å². The Hall–Kier alpha value is -1.62. The average molecular weight is 311 g/mol. The maximum absolute atomic E-state index is 11.5. The fraction of sp³-hybridized carbons (Fsp3) is 0.500. The Morgan fingerprint density at radius 2 is 2.00 bits per heavy atom. The number of carboxylic acid groups (broad SMARTS) is 1. The van der Waals surface area contributed by atoms with Crippen molar-refractivity contribution < 1.29 is 26.7 Å². The topological polar surface area (TPSA) is 135 Å². The van der Waals surface area contributed by atoms with Gasteiger partial charge in [-0.15, -0.1) is 0 Å². The number of rotatable bonds is 7. The van der Waals surface area contributed by atoms with Crippen LogP contribution < -0.4 is 4.72 Å². The van der Waals surface area contributed by atoms with Gasteiger partial charge in [0.25, 0.3) is 0 Å². The van der Waals surface area contributed by atoms with E-state index in [9.17, 15) is 21.6 Å². The summed E-state index contributed by atoms with van der Waals surface area (Å²) in [4.78, 5) is 10.4. The average Bonchev–Trinajstić information content (AvgIpc) is 2.60. The van der Waals surface area contributed by atoms with E-state index >= 15 is 0 Å². The van der Waals surface area contributed by atoms with Gasteiger partial charge in [0.15, 0.2) is 0 Å². The lowest BCUT2D eigenvalue weighted by Gasteiger charge is -2.04. The van der Waals surface area contributed by atoms with Crippen LogP contribution in [0.5, 0.6) is 0 Å². The number of anilines is 1. The van der Waals surface area contributed by atoms with Crippen LogP contribution in [0.15, 0.2) is 12.4 Å². The summed E-state index contributed by atoms with van der Waals surface area (Å²) in [7, 11) is -7.19. The van der Waals surface area contributed by atoms with Gasteiger partial charge >= 0.3 is 5.97 Å². The smallest absolute Gasteiger partial charge is 0.325 e. The summed E-state index contributed by atoms with van der Waals surface area (Å²) in [5.74, 6) is -2.18. The van der Waals surface area contributed by atoms with Crippen LogP contribution in [0, 0.1) is 0 Å². The molecule has 0 radical (unpaired) electrons. The normalized spacial score (nSPS) is 12.3. The number of nitrogens with one attached hydrogen (secondary N) is 1. The Labute approximate surface area is 110 Å². The summed E-state index contributed by atoms with van der Waals surface area (Å²) in [5, 5.41) is 12.2. The maximum atomic E-state index is 11.5. The van der Waals surface area contributed by atoms with Crippen molar-refractivity contribution in [3.8, 4) is 0 Å². The Kier molecular flexibility index (Phi) is 4.52. The van der Waals surface area contributed by atoms with E-state index in [-0.39, 0.29) is 5.69 Å². The van der Waals surface area contributed by atoms with Crippen molar-refractivity contribution in [2.75, 3.05) is 22.5 Å². The molecule has 0 unspecified atom stereocenters. The molecular formula is C8H13N3O6S2. The standard InChI is InChI=1S/C8H13N3O6S2/c1-18(14,15)2-3-19(16,17)10-7-4-9-11(5-7)6-8(12)13/h4-5,10H,2-3,6H2,1H3,(H,12,13). The number of nitrogens with zero attached hydrogens (tertiary/aromatic N) is 2. The number of carboxylic acids is 1. The summed E-state index contributed by atoms with van der Waals surface area (Å²) in [5.41, 5.74) is 0.0785. The molecule has 0 atom stereocenters. The molecule has 0 saturated carbocycles. The number of sulfonamides is 1. The van der Waals surface area contributed by atoms with Gasteiger partial charge in [0.05, 0.1) is 23.4 Å². The van der Waals surface area contributed by atoms with Gasteiger partial charge in [0.2, 0.25) is 10.0 Å². The van der Waals surface area contributed by atoms with Crippen LogP contribution in [0.3, 0.4) is 0 Å². The lowest BCUT2D eigenvalue weighted by Crippen LogP contribution is -2.22. The van der Waals surface area contributed by atoms with Crippen LogP contribution in [0.1, 0.15) is 0 Å². The third-order valence-corrected chi connectivity index (χ3v) is 4.42. The fourth-order valence-corrected chi connectivity index (χ4v) is 3.79. The molecule has 1 heterocycles. The van der Waals surface area contributed by atoms with Gasteiger partial charge in [-0.3, -0.25) is 14.2 Å². The van der Waals surface area contributed by atoms with E-state index in [2.05, 4.69) is 9.82 Å². The Morgan fingerprint density at radius 3 is 2.53 bits per heavy atom. The molecule has 108 valence electrons. The molecule has 2 N–H and O–H groups in total. The van der Waals surface area contributed by atoms with Crippen molar-refractivity contribution in [2.24, 2.45) is 0 Å². The molecular weight excluding hydrogens is 298 g/mol. The molecule has 0 aliphatic heterocycles. The fourth-order valence-electron chi connectivity index (χ4n) is 1.13. The number of carbonyl (C=O) groups is 1. The van der Waals surface area contributed by atoms with Gasteiger partial charge in [0.1, 0.15) is 16.4 Å². The van der Waals surface area contributed by atoms with Crippen LogP contribution in [0.4, 0.5) is 5.69 Å². The van der Waals surface area contributed by atoms with Crippen molar-refractivity contribution in [1.29, 1.82) is 0 Å². The van der Waals surface area contributed by atoms with E-state index < -0.39 is 43.9 Å². The summed E-state index contributed by atoms with van der Waals surface area (Å²) in [6.07, 6.45) is 3.28. The zero-order chi connectivity index (χ0) is 14.7. The van der Waals surface area contributed by atoms with Crippen LogP contribution in [0.25, 0.3) is 0 Å². The van der Waals surface area contributed by atoms with Crippen LogP contribution >= 0.6 is 0 Å². The molecule has 0 aliphatic rings. The minimum absolute atomic E-state index is 0.0785. The first-order valence-corrected chi connectivity index (χ1v) is 8.71. The van der Waals surface area contributed by atoms with Gasteiger partial charge in [-0.1, -0.05) is 0 Å². The van der Waals surface area contributed by atoms with Crippen LogP contribution in [-0.4, -0.2) is 55.5 Å². The summed E-state index contributed by atoms with van der Waals surface area (Å²) in [6, 6.07) is 0. The molecule has 1 rings (SSSR count). The minimum atomic E-state index is -3.81. The van der Waals surface area contributed by atoms with E-state index in [4.69, 9.17) is 5.11 Å². The molecule has 0 saturated heterocycles. The summed E-state index contributed by atoms with van der Waals surface area (Å²) >= 11 is 0. The second kappa shape index (κ2) is 5.57. The highest BCUT2D eigenvalue weighted by Gasteiger charge is 2.15. The van der Waals surface area contributed by atoms with E-state index in [1.54, 1.807) is 0 Å².